The van der Waals surface area contributed by atoms with Gasteiger partial charge in [-0.1, -0.05) is 6.92 Å². The third kappa shape index (κ3) is 1.93. The minimum Gasteiger partial charge on any atom is -0.344 e. The van der Waals surface area contributed by atoms with E-state index in [0.717, 1.165) is 25.9 Å². The number of nitrogens with zero attached hydrogens (tertiary/aromatic N) is 1. The summed E-state index contributed by atoms with van der Waals surface area (Å²) >= 11 is 0. The molecule has 0 aromatic heterocycles. The maximum absolute atomic E-state index is 11.4. The molecular weight excluding hydrogens is 140 g/mol. The Kier molecular flexibility index (Phi) is 2.88. The van der Waals surface area contributed by atoms with Crippen LogP contribution in [-0.4, -0.2) is 37.0 Å². The van der Waals surface area contributed by atoms with Gasteiger partial charge >= 0.3 is 0 Å². The summed E-state index contributed by atoms with van der Waals surface area (Å²) in [6.45, 7) is 3.83. The molecule has 64 valence electrons. The third-order valence-electron chi connectivity index (χ3n) is 2.11. The first-order valence-corrected chi connectivity index (χ1v) is 4.24. The zero-order valence-corrected chi connectivity index (χ0v) is 7.26. The minimum atomic E-state index is 0.0822. The molecule has 1 heterocycles. The molecule has 1 aliphatic heterocycles. The number of carbonyl (C=O) groups is 1. The number of amides is 1. The van der Waals surface area contributed by atoms with Crippen LogP contribution in [0.25, 0.3) is 0 Å². The van der Waals surface area contributed by atoms with Gasteiger partial charge in [-0.15, -0.1) is 0 Å². The molecule has 1 unspecified atom stereocenters. The van der Waals surface area contributed by atoms with Crippen LogP contribution >= 0.6 is 0 Å². The molecule has 3 nitrogen and oxygen atoms in total. The first-order valence-electron chi connectivity index (χ1n) is 4.24. The second-order valence-electron chi connectivity index (χ2n) is 3.01. The topological polar surface area (TPSA) is 32.3 Å². The van der Waals surface area contributed by atoms with Crippen LogP contribution in [0, 0.1) is 0 Å². The molecule has 0 spiro atoms. The van der Waals surface area contributed by atoms with Crippen molar-refractivity contribution < 1.29 is 4.79 Å². The van der Waals surface area contributed by atoms with E-state index in [9.17, 15) is 4.79 Å². The Labute approximate surface area is 67.8 Å². The van der Waals surface area contributed by atoms with Crippen molar-refractivity contribution in [2.75, 3.05) is 20.1 Å². The molecule has 0 aromatic rings. The fourth-order valence-electron chi connectivity index (χ4n) is 1.47. The standard InChI is InChI=1S/C8H16N2O/c1-3-9-7-5-4-6-10(2)8(7)11/h7,9H,3-6H2,1-2H3. The van der Waals surface area contributed by atoms with Crippen LogP contribution in [-0.2, 0) is 4.79 Å². The molecule has 1 aliphatic rings. The van der Waals surface area contributed by atoms with Crippen molar-refractivity contribution in [2.24, 2.45) is 0 Å². The number of carbonyl (C=O) groups excluding carboxylic acids is 1. The Balaban J connectivity index is 2.44. The lowest BCUT2D eigenvalue weighted by Crippen LogP contribution is -2.48. The van der Waals surface area contributed by atoms with Crippen molar-refractivity contribution >= 4 is 5.91 Å². The summed E-state index contributed by atoms with van der Waals surface area (Å²) in [5, 5.41) is 3.17. The first-order chi connectivity index (χ1) is 5.25. The zero-order valence-electron chi connectivity index (χ0n) is 7.26. The van der Waals surface area contributed by atoms with Gasteiger partial charge in [0.05, 0.1) is 6.04 Å². The summed E-state index contributed by atoms with van der Waals surface area (Å²) in [6, 6.07) is 0.0822. The van der Waals surface area contributed by atoms with Gasteiger partial charge in [-0.05, 0) is 19.4 Å². The van der Waals surface area contributed by atoms with Gasteiger partial charge in [0.2, 0.25) is 5.91 Å². The molecule has 0 aliphatic carbocycles. The molecule has 11 heavy (non-hydrogen) atoms. The van der Waals surface area contributed by atoms with E-state index in [4.69, 9.17) is 0 Å². The SMILES string of the molecule is CCNC1CCCN(C)C1=O. The largest absolute Gasteiger partial charge is 0.344 e. The molecule has 1 rings (SSSR count). The summed E-state index contributed by atoms with van der Waals surface area (Å²) < 4.78 is 0. The maximum atomic E-state index is 11.4. The van der Waals surface area contributed by atoms with Gasteiger partial charge in [0.25, 0.3) is 0 Å². The minimum absolute atomic E-state index is 0.0822. The average molecular weight is 156 g/mol. The normalized spacial score (nSPS) is 25.8. The monoisotopic (exact) mass is 156 g/mol. The van der Waals surface area contributed by atoms with Crippen LogP contribution in [0.5, 0.6) is 0 Å². The molecule has 0 bridgehead atoms. The Bertz CT molecular complexity index is 145. The van der Waals surface area contributed by atoms with Crippen LogP contribution in [0.2, 0.25) is 0 Å². The Morgan fingerprint density at radius 1 is 1.73 bits per heavy atom. The number of likely N-dealkylation sites (N-methyl/N-ethyl adjacent to an activating group) is 2. The van der Waals surface area contributed by atoms with Crippen molar-refractivity contribution in [1.29, 1.82) is 0 Å². The van der Waals surface area contributed by atoms with Gasteiger partial charge in [0, 0.05) is 13.6 Å². The van der Waals surface area contributed by atoms with E-state index in [1.165, 1.54) is 0 Å². The molecule has 0 radical (unpaired) electrons. The van der Waals surface area contributed by atoms with Crippen molar-refractivity contribution in [3.05, 3.63) is 0 Å². The number of likely N-dealkylation sites (tertiary alicyclic amines) is 1. The Morgan fingerprint density at radius 2 is 2.45 bits per heavy atom. The van der Waals surface area contributed by atoms with E-state index < -0.39 is 0 Å². The molecule has 1 saturated heterocycles. The van der Waals surface area contributed by atoms with Crippen LogP contribution in [0.4, 0.5) is 0 Å². The van der Waals surface area contributed by atoms with Gasteiger partial charge in [0.1, 0.15) is 0 Å². The average Bonchev–Trinajstić information content (AvgIpc) is 1.99. The van der Waals surface area contributed by atoms with Crippen molar-refractivity contribution in [3.63, 3.8) is 0 Å². The molecule has 1 atom stereocenters. The Morgan fingerprint density at radius 3 is 3.09 bits per heavy atom. The number of nitrogens with one attached hydrogen (secondary N) is 1. The first kappa shape index (κ1) is 8.53. The lowest BCUT2D eigenvalue weighted by Gasteiger charge is -2.29. The predicted octanol–water partition coefficient (Wildman–Crippen LogP) is 0.217. The fraction of sp³-hybridized carbons (Fsp3) is 0.875. The molecular formula is C8H16N2O. The smallest absolute Gasteiger partial charge is 0.239 e. The zero-order chi connectivity index (χ0) is 8.27. The molecule has 3 heteroatoms. The number of rotatable bonds is 2. The van der Waals surface area contributed by atoms with E-state index in [2.05, 4.69) is 5.32 Å². The van der Waals surface area contributed by atoms with E-state index in [1.807, 2.05) is 14.0 Å². The van der Waals surface area contributed by atoms with E-state index in [-0.39, 0.29) is 11.9 Å². The highest BCUT2D eigenvalue weighted by Gasteiger charge is 2.24. The fourth-order valence-corrected chi connectivity index (χ4v) is 1.47. The lowest BCUT2D eigenvalue weighted by molar-refractivity contribution is -0.134. The van der Waals surface area contributed by atoms with Crippen molar-refractivity contribution in [1.82, 2.24) is 10.2 Å². The molecule has 1 fully saturated rings. The molecule has 0 aromatic carbocycles. The predicted molar refractivity (Wildman–Crippen MR) is 44.3 cm³/mol. The van der Waals surface area contributed by atoms with E-state index >= 15 is 0 Å². The highest BCUT2D eigenvalue weighted by Crippen LogP contribution is 2.08. The van der Waals surface area contributed by atoms with Crippen LogP contribution < -0.4 is 5.32 Å². The van der Waals surface area contributed by atoms with Crippen molar-refractivity contribution in [3.8, 4) is 0 Å². The van der Waals surface area contributed by atoms with Gasteiger partial charge in [-0.25, -0.2) is 0 Å². The molecule has 1 N–H and O–H groups in total. The lowest BCUT2D eigenvalue weighted by atomic mass is 10.1. The summed E-state index contributed by atoms with van der Waals surface area (Å²) in [4.78, 5) is 13.2. The summed E-state index contributed by atoms with van der Waals surface area (Å²) in [7, 11) is 1.87. The molecule has 0 saturated carbocycles. The maximum Gasteiger partial charge on any atom is 0.239 e. The second-order valence-corrected chi connectivity index (χ2v) is 3.01. The summed E-state index contributed by atoms with van der Waals surface area (Å²) in [5.74, 6) is 0.248. The summed E-state index contributed by atoms with van der Waals surface area (Å²) in [6.07, 6.45) is 2.12. The van der Waals surface area contributed by atoms with Gasteiger partial charge in [0.15, 0.2) is 0 Å². The van der Waals surface area contributed by atoms with Gasteiger partial charge < -0.3 is 10.2 Å². The number of piperidine rings is 1. The van der Waals surface area contributed by atoms with Gasteiger partial charge in [-0.2, -0.15) is 0 Å². The van der Waals surface area contributed by atoms with Crippen molar-refractivity contribution in [2.45, 2.75) is 25.8 Å². The van der Waals surface area contributed by atoms with E-state index in [1.54, 1.807) is 4.90 Å². The number of hydrogen-bond donors (Lipinski definition) is 1. The second kappa shape index (κ2) is 3.72. The highest BCUT2D eigenvalue weighted by molar-refractivity contribution is 5.82. The van der Waals surface area contributed by atoms with Crippen LogP contribution in [0.15, 0.2) is 0 Å². The van der Waals surface area contributed by atoms with Crippen LogP contribution in [0.1, 0.15) is 19.8 Å². The number of hydrogen-bond acceptors (Lipinski definition) is 2. The highest BCUT2D eigenvalue weighted by atomic mass is 16.2. The van der Waals surface area contributed by atoms with Gasteiger partial charge in [-0.3, -0.25) is 4.79 Å². The quantitative estimate of drug-likeness (QED) is 0.620. The molecule has 1 amide bonds. The van der Waals surface area contributed by atoms with Crippen LogP contribution in [0.3, 0.4) is 0 Å². The Hall–Kier alpha value is -0.570. The third-order valence-corrected chi connectivity index (χ3v) is 2.11. The van der Waals surface area contributed by atoms with E-state index in [0.29, 0.717) is 0 Å². The summed E-state index contributed by atoms with van der Waals surface area (Å²) in [5.41, 5.74) is 0.